The van der Waals surface area contributed by atoms with Crippen LogP contribution in [0.25, 0.3) is 0 Å². The van der Waals surface area contributed by atoms with Crippen molar-refractivity contribution in [3.8, 4) is 0 Å². The lowest BCUT2D eigenvalue weighted by atomic mass is 10.2. The van der Waals surface area contributed by atoms with Gasteiger partial charge in [0, 0.05) is 15.5 Å². The van der Waals surface area contributed by atoms with Crippen molar-refractivity contribution in [1.29, 1.82) is 0 Å². The molecule has 0 atom stereocenters. The number of carbonyl (C=O) groups is 1. The van der Waals surface area contributed by atoms with Gasteiger partial charge in [-0.05, 0) is 46.4 Å². The molecule has 0 spiro atoms. The third-order valence-electron chi connectivity index (χ3n) is 1.36. The summed E-state index contributed by atoms with van der Waals surface area (Å²) < 4.78 is 5.87. The fourth-order valence-electron chi connectivity index (χ4n) is 0.879. The van der Waals surface area contributed by atoms with Crippen LogP contribution in [-0.4, -0.2) is 5.97 Å². The average molecular weight is 311 g/mol. The fraction of sp³-hybridized carbons (Fsp3) is 0.222. The zero-order valence-corrected chi connectivity index (χ0v) is 9.93. The minimum atomic E-state index is -0.282. The molecule has 0 aliphatic heterocycles. The van der Waals surface area contributed by atoms with Gasteiger partial charge in [0.05, 0.1) is 0 Å². The zero-order valence-electron chi connectivity index (χ0n) is 7.01. The summed E-state index contributed by atoms with van der Waals surface area (Å²) >= 11 is 7.98. The second-order valence-corrected chi connectivity index (χ2v) is 4.24. The van der Waals surface area contributed by atoms with Gasteiger partial charge in [-0.2, -0.15) is 0 Å². The number of rotatable bonds is 2. The summed E-state index contributed by atoms with van der Waals surface area (Å²) in [4.78, 5) is 10.5. The topological polar surface area (TPSA) is 26.3 Å². The smallest absolute Gasteiger partial charge is 0.302 e. The molecule has 2 nitrogen and oxygen atoms in total. The Balaban J connectivity index is 2.71. The summed E-state index contributed by atoms with van der Waals surface area (Å²) in [5, 5.41) is 0.661. The van der Waals surface area contributed by atoms with Gasteiger partial charge in [0.2, 0.25) is 0 Å². The highest BCUT2D eigenvalue weighted by Crippen LogP contribution is 2.17. The first-order valence-corrected chi connectivity index (χ1v) is 5.12. The summed E-state index contributed by atoms with van der Waals surface area (Å²) in [6.07, 6.45) is 0. The first-order chi connectivity index (χ1) is 6.08. The minimum Gasteiger partial charge on any atom is -0.461 e. The molecule has 0 heterocycles. The molecule has 0 radical (unpaired) electrons. The highest BCUT2D eigenvalue weighted by molar-refractivity contribution is 14.1. The van der Waals surface area contributed by atoms with Crippen LogP contribution in [0.5, 0.6) is 0 Å². The zero-order chi connectivity index (χ0) is 9.84. The maximum Gasteiger partial charge on any atom is 0.302 e. The Morgan fingerprint density at radius 2 is 2.23 bits per heavy atom. The standard InChI is InChI=1S/C9H8ClIO2/c1-6(12)13-5-7-2-8(10)4-9(11)3-7/h2-4H,5H2,1H3. The summed E-state index contributed by atoms with van der Waals surface area (Å²) in [6, 6.07) is 5.56. The Bertz CT molecular complexity index is 305. The van der Waals surface area contributed by atoms with E-state index in [0.29, 0.717) is 5.02 Å². The molecule has 0 aromatic heterocycles. The fourth-order valence-corrected chi connectivity index (χ4v) is 2.06. The van der Waals surface area contributed by atoms with Gasteiger partial charge in [-0.25, -0.2) is 0 Å². The largest absolute Gasteiger partial charge is 0.461 e. The third-order valence-corrected chi connectivity index (χ3v) is 2.21. The molecule has 0 N–H and O–H groups in total. The molecule has 13 heavy (non-hydrogen) atoms. The number of ether oxygens (including phenoxy) is 1. The van der Waals surface area contributed by atoms with E-state index in [0.717, 1.165) is 9.13 Å². The molecule has 0 unspecified atom stereocenters. The number of carbonyl (C=O) groups excluding carboxylic acids is 1. The van der Waals surface area contributed by atoms with Crippen LogP contribution in [0.15, 0.2) is 18.2 Å². The van der Waals surface area contributed by atoms with E-state index in [-0.39, 0.29) is 12.6 Å². The van der Waals surface area contributed by atoms with E-state index < -0.39 is 0 Å². The van der Waals surface area contributed by atoms with Crippen LogP contribution < -0.4 is 0 Å². The molecular weight excluding hydrogens is 302 g/mol. The molecule has 70 valence electrons. The highest BCUT2D eigenvalue weighted by atomic mass is 127. The average Bonchev–Trinajstić information content (AvgIpc) is 1.99. The number of hydrogen-bond acceptors (Lipinski definition) is 2. The second kappa shape index (κ2) is 4.81. The Labute approximate surface area is 95.4 Å². The quantitative estimate of drug-likeness (QED) is 0.620. The monoisotopic (exact) mass is 310 g/mol. The van der Waals surface area contributed by atoms with E-state index in [2.05, 4.69) is 22.6 Å². The van der Waals surface area contributed by atoms with Crippen LogP contribution in [-0.2, 0) is 16.1 Å². The van der Waals surface area contributed by atoms with Gasteiger partial charge in [-0.3, -0.25) is 4.79 Å². The summed E-state index contributed by atoms with van der Waals surface area (Å²) in [5.41, 5.74) is 0.909. The van der Waals surface area contributed by atoms with Crippen LogP contribution in [0, 0.1) is 3.57 Å². The van der Waals surface area contributed by atoms with Crippen LogP contribution in [0.4, 0.5) is 0 Å². The Hall–Kier alpha value is -0.290. The molecule has 1 rings (SSSR count). The molecule has 1 aromatic rings. The molecular formula is C9H8ClIO2. The van der Waals surface area contributed by atoms with Crippen LogP contribution in [0.3, 0.4) is 0 Å². The van der Waals surface area contributed by atoms with Crippen molar-refractivity contribution in [2.75, 3.05) is 0 Å². The maximum absolute atomic E-state index is 10.5. The van der Waals surface area contributed by atoms with Gasteiger partial charge in [-0.1, -0.05) is 11.6 Å². The molecule has 0 saturated carbocycles. The van der Waals surface area contributed by atoms with Crippen molar-refractivity contribution < 1.29 is 9.53 Å². The van der Waals surface area contributed by atoms with E-state index in [1.165, 1.54) is 6.92 Å². The normalized spacial score (nSPS) is 9.77. The van der Waals surface area contributed by atoms with E-state index in [1.54, 1.807) is 6.07 Å². The van der Waals surface area contributed by atoms with Gasteiger partial charge >= 0.3 is 5.97 Å². The number of halogens is 2. The lowest BCUT2D eigenvalue weighted by Crippen LogP contribution is -1.98. The van der Waals surface area contributed by atoms with Crippen molar-refractivity contribution >= 4 is 40.2 Å². The predicted octanol–water partition coefficient (Wildman–Crippen LogP) is 3.01. The molecule has 4 heteroatoms. The van der Waals surface area contributed by atoms with Crippen molar-refractivity contribution in [3.63, 3.8) is 0 Å². The van der Waals surface area contributed by atoms with Crippen LogP contribution in [0.1, 0.15) is 12.5 Å². The van der Waals surface area contributed by atoms with Gasteiger partial charge in [-0.15, -0.1) is 0 Å². The van der Waals surface area contributed by atoms with Gasteiger partial charge in [0.1, 0.15) is 6.61 Å². The number of hydrogen-bond donors (Lipinski definition) is 0. The molecule has 0 amide bonds. The van der Waals surface area contributed by atoms with Crippen LogP contribution in [0.2, 0.25) is 5.02 Å². The molecule has 0 aliphatic rings. The first-order valence-electron chi connectivity index (χ1n) is 3.66. The van der Waals surface area contributed by atoms with E-state index in [1.807, 2.05) is 12.1 Å². The SMILES string of the molecule is CC(=O)OCc1cc(Cl)cc(I)c1. The molecule has 0 saturated heterocycles. The van der Waals surface area contributed by atoms with Crippen LogP contribution >= 0.6 is 34.2 Å². The molecule has 0 aliphatic carbocycles. The molecule has 1 aromatic carbocycles. The third kappa shape index (κ3) is 3.95. The van der Waals surface area contributed by atoms with Crippen molar-refractivity contribution in [2.45, 2.75) is 13.5 Å². The van der Waals surface area contributed by atoms with E-state index in [4.69, 9.17) is 16.3 Å². The van der Waals surface area contributed by atoms with Crippen molar-refractivity contribution in [3.05, 3.63) is 32.4 Å². The second-order valence-electron chi connectivity index (χ2n) is 2.56. The lowest BCUT2D eigenvalue weighted by Gasteiger charge is -2.03. The number of benzene rings is 1. The van der Waals surface area contributed by atoms with Gasteiger partial charge in [0.15, 0.2) is 0 Å². The first kappa shape index (κ1) is 10.8. The Morgan fingerprint density at radius 1 is 1.54 bits per heavy atom. The lowest BCUT2D eigenvalue weighted by molar-refractivity contribution is -0.142. The Morgan fingerprint density at radius 3 is 2.77 bits per heavy atom. The molecule has 0 fully saturated rings. The van der Waals surface area contributed by atoms with Gasteiger partial charge in [0.25, 0.3) is 0 Å². The Kier molecular flexibility index (Phi) is 3.99. The van der Waals surface area contributed by atoms with Gasteiger partial charge < -0.3 is 4.74 Å². The number of esters is 1. The summed E-state index contributed by atoms with van der Waals surface area (Å²) in [7, 11) is 0. The van der Waals surface area contributed by atoms with E-state index >= 15 is 0 Å². The van der Waals surface area contributed by atoms with Crippen molar-refractivity contribution in [2.24, 2.45) is 0 Å². The van der Waals surface area contributed by atoms with Crippen molar-refractivity contribution in [1.82, 2.24) is 0 Å². The minimum absolute atomic E-state index is 0.282. The molecule has 0 bridgehead atoms. The maximum atomic E-state index is 10.5. The summed E-state index contributed by atoms with van der Waals surface area (Å²) in [6.45, 7) is 1.67. The van der Waals surface area contributed by atoms with E-state index in [9.17, 15) is 4.79 Å². The summed E-state index contributed by atoms with van der Waals surface area (Å²) in [5.74, 6) is -0.282. The highest BCUT2D eigenvalue weighted by Gasteiger charge is 1.99. The predicted molar refractivity (Wildman–Crippen MR) is 59.6 cm³/mol.